The number of hydrogen-bond acceptors (Lipinski definition) is 3. The van der Waals surface area contributed by atoms with Crippen molar-refractivity contribution in [2.75, 3.05) is 10.0 Å². The molecule has 27 heavy (non-hydrogen) atoms. The first-order chi connectivity index (χ1) is 12.8. The van der Waals surface area contributed by atoms with E-state index in [0.29, 0.717) is 5.69 Å². The molecule has 1 amide bonds. The van der Waals surface area contributed by atoms with Crippen LogP contribution < -0.4 is 10.0 Å². The van der Waals surface area contributed by atoms with Gasteiger partial charge in [0.1, 0.15) is 11.6 Å². The van der Waals surface area contributed by atoms with Gasteiger partial charge in [-0.1, -0.05) is 18.2 Å². The zero-order chi connectivity index (χ0) is 19.4. The highest BCUT2D eigenvalue weighted by Gasteiger charge is 2.19. The molecule has 138 valence electrons. The molecule has 0 saturated heterocycles. The molecule has 8 heteroatoms. The average molecular weight is 388 g/mol. The van der Waals surface area contributed by atoms with E-state index in [2.05, 4.69) is 10.0 Å². The van der Waals surface area contributed by atoms with Gasteiger partial charge < -0.3 is 5.32 Å². The maximum absolute atomic E-state index is 13.3. The summed E-state index contributed by atoms with van der Waals surface area (Å²) in [7, 11) is -4.09. The van der Waals surface area contributed by atoms with E-state index >= 15 is 0 Å². The normalized spacial score (nSPS) is 11.0. The van der Waals surface area contributed by atoms with Crippen molar-refractivity contribution in [1.29, 1.82) is 0 Å². The summed E-state index contributed by atoms with van der Waals surface area (Å²) in [4.78, 5) is 12.2. The lowest BCUT2D eigenvalue weighted by Crippen LogP contribution is -2.18. The molecule has 0 saturated carbocycles. The lowest BCUT2D eigenvalue weighted by atomic mass is 10.1. The summed E-state index contributed by atoms with van der Waals surface area (Å²) in [5, 5.41) is 2.56. The Morgan fingerprint density at radius 2 is 1.52 bits per heavy atom. The van der Waals surface area contributed by atoms with E-state index in [4.69, 9.17) is 0 Å². The zero-order valence-electron chi connectivity index (χ0n) is 13.8. The number of para-hydroxylation sites is 1. The van der Waals surface area contributed by atoms with E-state index in [1.165, 1.54) is 48.5 Å². The van der Waals surface area contributed by atoms with Gasteiger partial charge in [-0.3, -0.25) is 9.52 Å². The Labute approximate surface area is 154 Å². The molecular weight excluding hydrogens is 374 g/mol. The largest absolute Gasteiger partial charge is 0.322 e. The van der Waals surface area contributed by atoms with Gasteiger partial charge in [-0.15, -0.1) is 0 Å². The standard InChI is InChI=1S/C19H14F2N2O3S/c20-13-8-10-15(11-9-13)22-19(24)17-6-1-2-7-18(17)23-27(25,26)16-5-3-4-14(21)12-16/h1-12,23H,(H,22,24). The first-order valence-electron chi connectivity index (χ1n) is 7.79. The van der Waals surface area contributed by atoms with E-state index in [1.54, 1.807) is 12.1 Å². The molecule has 3 rings (SSSR count). The fraction of sp³-hybridized carbons (Fsp3) is 0. The van der Waals surface area contributed by atoms with E-state index < -0.39 is 27.6 Å². The van der Waals surface area contributed by atoms with Crippen LogP contribution in [0.1, 0.15) is 10.4 Å². The van der Waals surface area contributed by atoms with Crippen LogP contribution in [-0.4, -0.2) is 14.3 Å². The first-order valence-corrected chi connectivity index (χ1v) is 9.28. The van der Waals surface area contributed by atoms with Crippen LogP contribution >= 0.6 is 0 Å². The summed E-state index contributed by atoms with van der Waals surface area (Å²) < 4.78 is 53.5. The Kier molecular flexibility index (Phi) is 5.18. The number of nitrogens with one attached hydrogen (secondary N) is 2. The van der Waals surface area contributed by atoms with Gasteiger partial charge in [0, 0.05) is 5.69 Å². The second-order valence-corrected chi connectivity index (χ2v) is 7.25. The van der Waals surface area contributed by atoms with Crippen LogP contribution in [0.2, 0.25) is 0 Å². The Balaban J connectivity index is 1.87. The van der Waals surface area contributed by atoms with Crippen molar-refractivity contribution in [2.24, 2.45) is 0 Å². The van der Waals surface area contributed by atoms with Crippen LogP contribution in [0.3, 0.4) is 0 Å². The summed E-state index contributed by atoms with van der Waals surface area (Å²) in [6.45, 7) is 0. The minimum absolute atomic E-state index is 0.0290. The van der Waals surface area contributed by atoms with Crippen LogP contribution in [-0.2, 0) is 10.0 Å². The molecular formula is C19H14F2N2O3S. The average Bonchev–Trinajstić information content (AvgIpc) is 2.64. The zero-order valence-corrected chi connectivity index (χ0v) is 14.6. The second kappa shape index (κ2) is 7.55. The van der Waals surface area contributed by atoms with E-state index in [1.807, 2.05) is 0 Å². The fourth-order valence-electron chi connectivity index (χ4n) is 2.34. The molecule has 3 aromatic carbocycles. The molecule has 0 aliphatic rings. The van der Waals surface area contributed by atoms with Gasteiger partial charge in [0.2, 0.25) is 0 Å². The third kappa shape index (κ3) is 4.48. The summed E-state index contributed by atoms with van der Waals surface area (Å²) in [6, 6.07) is 15.6. The van der Waals surface area contributed by atoms with E-state index in [9.17, 15) is 22.0 Å². The Morgan fingerprint density at radius 3 is 2.22 bits per heavy atom. The van der Waals surface area contributed by atoms with E-state index in [-0.39, 0.29) is 16.1 Å². The predicted molar refractivity (Wildman–Crippen MR) is 98.0 cm³/mol. The number of carbonyl (C=O) groups is 1. The monoisotopic (exact) mass is 388 g/mol. The van der Waals surface area contributed by atoms with Gasteiger partial charge in [-0.25, -0.2) is 17.2 Å². The highest BCUT2D eigenvalue weighted by Crippen LogP contribution is 2.22. The smallest absolute Gasteiger partial charge is 0.262 e. The molecule has 0 aromatic heterocycles. The van der Waals surface area contributed by atoms with Gasteiger partial charge in [0.15, 0.2) is 0 Å². The third-order valence-corrected chi connectivity index (χ3v) is 4.99. The van der Waals surface area contributed by atoms with Gasteiger partial charge in [0.25, 0.3) is 15.9 Å². The number of benzene rings is 3. The first kappa shape index (κ1) is 18.5. The molecule has 5 nitrogen and oxygen atoms in total. The van der Waals surface area contributed by atoms with Crippen LogP contribution in [0.4, 0.5) is 20.2 Å². The number of halogens is 2. The number of hydrogen-bond donors (Lipinski definition) is 2. The molecule has 0 fully saturated rings. The van der Waals surface area contributed by atoms with Gasteiger partial charge in [-0.2, -0.15) is 0 Å². The molecule has 3 aromatic rings. The Morgan fingerprint density at radius 1 is 0.815 bits per heavy atom. The Bertz CT molecular complexity index is 1080. The number of rotatable bonds is 5. The topological polar surface area (TPSA) is 75.3 Å². The fourth-order valence-corrected chi connectivity index (χ4v) is 3.45. The number of amides is 1. The van der Waals surface area contributed by atoms with Crippen molar-refractivity contribution < 1.29 is 22.0 Å². The number of sulfonamides is 1. The van der Waals surface area contributed by atoms with Crippen molar-refractivity contribution in [1.82, 2.24) is 0 Å². The molecule has 0 aliphatic heterocycles. The maximum Gasteiger partial charge on any atom is 0.262 e. The van der Waals surface area contributed by atoms with Gasteiger partial charge in [0.05, 0.1) is 16.1 Å². The number of carbonyl (C=O) groups excluding carboxylic acids is 1. The molecule has 2 N–H and O–H groups in total. The maximum atomic E-state index is 13.3. The Hall–Kier alpha value is -3.26. The predicted octanol–water partition coefficient (Wildman–Crippen LogP) is 4.02. The summed E-state index contributed by atoms with van der Waals surface area (Å²) in [5.74, 6) is -1.73. The number of anilines is 2. The molecule has 0 unspecified atom stereocenters. The molecule has 0 heterocycles. The SMILES string of the molecule is O=C(Nc1ccc(F)cc1)c1ccccc1NS(=O)(=O)c1cccc(F)c1. The lowest BCUT2D eigenvalue weighted by Gasteiger charge is -2.13. The van der Waals surface area contributed by atoms with Crippen LogP contribution in [0.15, 0.2) is 77.7 Å². The summed E-state index contributed by atoms with van der Waals surface area (Å²) >= 11 is 0. The van der Waals surface area contributed by atoms with Crippen LogP contribution in [0.25, 0.3) is 0 Å². The highest BCUT2D eigenvalue weighted by atomic mass is 32.2. The summed E-state index contributed by atoms with van der Waals surface area (Å²) in [5.41, 5.74) is 0.437. The quantitative estimate of drug-likeness (QED) is 0.693. The lowest BCUT2D eigenvalue weighted by molar-refractivity contribution is 0.102. The van der Waals surface area contributed by atoms with Crippen molar-refractivity contribution in [3.05, 3.63) is 90.0 Å². The van der Waals surface area contributed by atoms with Crippen molar-refractivity contribution in [2.45, 2.75) is 4.90 Å². The van der Waals surface area contributed by atoms with Crippen LogP contribution in [0.5, 0.6) is 0 Å². The van der Waals surface area contributed by atoms with Crippen molar-refractivity contribution >= 4 is 27.3 Å². The van der Waals surface area contributed by atoms with E-state index in [0.717, 1.165) is 12.1 Å². The summed E-state index contributed by atoms with van der Waals surface area (Å²) in [6.07, 6.45) is 0. The highest BCUT2D eigenvalue weighted by molar-refractivity contribution is 7.92. The molecule has 0 spiro atoms. The molecule has 0 radical (unpaired) electrons. The minimum Gasteiger partial charge on any atom is -0.322 e. The van der Waals surface area contributed by atoms with Crippen LogP contribution in [0, 0.1) is 11.6 Å². The molecule has 0 aliphatic carbocycles. The van der Waals surface area contributed by atoms with Crippen molar-refractivity contribution in [3.63, 3.8) is 0 Å². The minimum atomic E-state index is -4.09. The van der Waals surface area contributed by atoms with Gasteiger partial charge >= 0.3 is 0 Å². The van der Waals surface area contributed by atoms with Crippen molar-refractivity contribution in [3.8, 4) is 0 Å². The third-order valence-electron chi connectivity index (χ3n) is 3.62. The molecule has 0 atom stereocenters. The second-order valence-electron chi connectivity index (χ2n) is 5.57. The van der Waals surface area contributed by atoms with Gasteiger partial charge in [-0.05, 0) is 54.6 Å². The molecule has 0 bridgehead atoms.